The summed E-state index contributed by atoms with van der Waals surface area (Å²) in [7, 11) is 1.52. The number of aliphatic imine (C=N–C) groups is 1. The molecule has 0 bridgehead atoms. The van der Waals surface area contributed by atoms with E-state index in [1.807, 2.05) is 98.9 Å². The third kappa shape index (κ3) is 16.1. The number of carbonyl (C=O) groups is 1. The standard InChI is InChI=1S/C24H28N4O4.C13H17N3.C8H11NS.C2H3N/c1-5-26-23(18-11-7-9-13-21(18)32-24(29)25-4)19-14-27-22(15(19)2)17-10-6-8-12-20(17)31-16(3)28-30;1-4-16(5-2)12-7-6-8-15-13(9-12)11(3)10-14;1-2-3-7-6-8(10)4-5-9-7;1-2-3/h6-13,16,26-27H,5,14H2,1-4H3,(H,25,29);6-7,9H,3-5,8H2,1-2H3;4-6H,2-3H2,1H3,(H,9,10);1H3/b23-19-;;;. The lowest BCUT2D eigenvalue weighted by atomic mass is 9.99. The van der Waals surface area contributed by atoms with Crippen LogP contribution in [-0.2, 0) is 6.42 Å². The Balaban J connectivity index is 0.000000363. The van der Waals surface area contributed by atoms with Crippen LogP contribution >= 0.6 is 12.2 Å². The molecule has 1 atom stereocenters. The lowest BCUT2D eigenvalue weighted by Crippen LogP contribution is -2.23. The fraction of sp³-hybridized carbons (Fsp3) is 0.340. The quantitative estimate of drug-likeness (QED) is 0.0693. The van der Waals surface area contributed by atoms with E-state index in [1.165, 1.54) is 19.7 Å². The molecule has 0 spiro atoms. The Morgan fingerprint density at radius 1 is 1.08 bits per heavy atom. The summed E-state index contributed by atoms with van der Waals surface area (Å²) in [5.41, 5.74) is 8.95. The zero-order valence-corrected chi connectivity index (χ0v) is 37.4. The average Bonchev–Trinajstić information content (AvgIpc) is 3.47. The molecule has 0 saturated carbocycles. The van der Waals surface area contributed by atoms with Crippen molar-refractivity contribution in [1.82, 2.24) is 25.8 Å². The number of carbonyl (C=O) groups excluding carboxylic acids is 1. The van der Waals surface area contributed by atoms with Gasteiger partial charge in [-0.2, -0.15) is 10.5 Å². The molecule has 13 nitrogen and oxygen atoms in total. The molecule has 2 aliphatic heterocycles. The van der Waals surface area contributed by atoms with Crippen molar-refractivity contribution in [2.75, 3.05) is 39.8 Å². The van der Waals surface area contributed by atoms with Crippen LogP contribution in [0.15, 0.2) is 124 Å². The maximum absolute atomic E-state index is 11.9. The highest BCUT2D eigenvalue weighted by Gasteiger charge is 2.25. The van der Waals surface area contributed by atoms with Crippen LogP contribution in [0.1, 0.15) is 71.7 Å². The van der Waals surface area contributed by atoms with Gasteiger partial charge in [-0.25, -0.2) is 4.79 Å². The van der Waals surface area contributed by atoms with Gasteiger partial charge in [0.2, 0.25) is 6.23 Å². The van der Waals surface area contributed by atoms with E-state index in [4.69, 9.17) is 32.2 Å². The maximum atomic E-state index is 11.9. The molecule has 1 aromatic heterocycles. The lowest BCUT2D eigenvalue weighted by Gasteiger charge is -2.21. The first kappa shape index (κ1) is 50.4. The molecule has 0 radical (unpaired) electrons. The SMILES string of the molecule is C=C(C#N)C1=NCC=CC(N(CC)CC)=C1.CC#N.CCCc1cc(=S)cc[nH]1.CCN/C(=C1/CNC(c2ccccc2OC(C)N=O)=C1C)c1ccccc1OC(=O)NC. The first-order valence-corrected chi connectivity index (χ1v) is 20.6. The average molecular weight is 846 g/mol. The zero-order valence-electron chi connectivity index (χ0n) is 36.6. The molecule has 5 rings (SSSR count). The number of aromatic nitrogens is 1. The Morgan fingerprint density at radius 3 is 2.36 bits per heavy atom. The smallest absolute Gasteiger partial charge is 0.412 e. The molecular formula is C47H59N9O4S. The summed E-state index contributed by atoms with van der Waals surface area (Å²) in [4.78, 5) is 32.4. The largest absolute Gasteiger partial charge is 0.465 e. The van der Waals surface area contributed by atoms with Crippen molar-refractivity contribution < 1.29 is 14.3 Å². The Morgan fingerprint density at radius 2 is 1.75 bits per heavy atom. The summed E-state index contributed by atoms with van der Waals surface area (Å²) in [5.74, 6) is 1.04. The van der Waals surface area contributed by atoms with Gasteiger partial charge in [0.05, 0.1) is 29.6 Å². The monoisotopic (exact) mass is 845 g/mol. The predicted octanol–water partition coefficient (Wildman–Crippen LogP) is 9.78. The fourth-order valence-electron chi connectivity index (χ4n) is 6.09. The van der Waals surface area contributed by atoms with Crippen LogP contribution in [0.25, 0.3) is 11.4 Å². The zero-order chi connectivity index (χ0) is 45.2. The topological polar surface area (TPSA) is 180 Å². The fourth-order valence-corrected chi connectivity index (χ4v) is 6.30. The third-order valence-corrected chi connectivity index (χ3v) is 9.21. The second-order valence-corrected chi connectivity index (χ2v) is 13.6. The number of nitrogens with zero attached hydrogens (tertiary/aromatic N) is 5. The molecule has 0 saturated heterocycles. The van der Waals surface area contributed by atoms with Crippen molar-refractivity contribution in [2.45, 2.75) is 67.5 Å². The summed E-state index contributed by atoms with van der Waals surface area (Å²) in [6, 6.07) is 22.7. The Bertz CT molecular complexity index is 2240. The number of nitriles is 2. The molecule has 4 N–H and O–H groups in total. The summed E-state index contributed by atoms with van der Waals surface area (Å²) < 4.78 is 12.1. The molecule has 3 aromatic rings. The first-order valence-electron chi connectivity index (χ1n) is 20.2. The molecule has 322 valence electrons. The number of hydrogen-bond donors (Lipinski definition) is 4. The maximum Gasteiger partial charge on any atom is 0.412 e. The molecule has 0 aliphatic carbocycles. The summed E-state index contributed by atoms with van der Waals surface area (Å²) in [5, 5.41) is 28.5. The van der Waals surface area contributed by atoms with Gasteiger partial charge in [0.25, 0.3) is 0 Å². The lowest BCUT2D eigenvalue weighted by molar-refractivity contribution is 0.203. The number of H-pyrrole nitrogens is 1. The Kier molecular flexibility index (Phi) is 23.0. The molecule has 0 fully saturated rings. The summed E-state index contributed by atoms with van der Waals surface area (Å²) in [6.45, 7) is 20.9. The molecule has 1 amide bonds. The van der Waals surface area contributed by atoms with Crippen molar-refractivity contribution in [3.8, 4) is 23.6 Å². The van der Waals surface area contributed by atoms with Crippen LogP contribution in [0.5, 0.6) is 11.5 Å². The number of likely N-dealkylation sites (N-methyl/N-ethyl adjacent to an activating group) is 1. The number of aromatic amines is 1. The Labute approximate surface area is 366 Å². The van der Waals surface area contributed by atoms with E-state index in [9.17, 15) is 9.70 Å². The van der Waals surface area contributed by atoms with E-state index < -0.39 is 12.3 Å². The van der Waals surface area contributed by atoms with E-state index in [0.717, 1.165) is 69.8 Å². The van der Waals surface area contributed by atoms with Crippen LogP contribution in [0, 0.1) is 32.1 Å². The van der Waals surface area contributed by atoms with Gasteiger partial charge in [-0.1, -0.05) is 62.5 Å². The normalized spacial score (nSPS) is 13.7. The van der Waals surface area contributed by atoms with Crippen molar-refractivity contribution >= 4 is 35.4 Å². The summed E-state index contributed by atoms with van der Waals surface area (Å²) >= 11 is 4.99. The highest BCUT2D eigenvalue weighted by Crippen LogP contribution is 2.37. The third-order valence-electron chi connectivity index (χ3n) is 8.96. The van der Waals surface area contributed by atoms with Gasteiger partial charge in [0.1, 0.15) is 17.6 Å². The summed E-state index contributed by atoms with van der Waals surface area (Å²) in [6.07, 6.45) is 8.81. The molecule has 2 aromatic carbocycles. The van der Waals surface area contributed by atoms with Crippen molar-refractivity contribution in [2.24, 2.45) is 10.2 Å². The van der Waals surface area contributed by atoms with Gasteiger partial charge in [-0.05, 0) is 100 Å². The second kappa shape index (κ2) is 27.8. The van der Waals surface area contributed by atoms with Crippen molar-refractivity contribution in [3.63, 3.8) is 0 Å². The minimum absolute atomic E-state index is 0.424. The number of hydrogen-bond acceptors (Lipinski definition) is 12. The highest BCUT2D eigenvalue weighted by molar-refractivity contribution is 7.71. The van der Waals surface area contributed by atoms with Gasteiger partial charge in [0, 0.05) is 84.6 Å². The van der Waals surface area contributed by atoms with E-state index in [1.54, 1.807) is 19.1 Å². The number of para-hydroxylation sites is 2. The molecule has 3 heterocycles. The van der Waals surface area contributed by atoms with Crippen LogP contribution < -0.4 is 25.4 Å². The number of amides is 1. The van der Waals surface area contributed by atoms with E-state index in [0.29, 0.717) is 42.4 Å². The van der Waals surface area contributed by atoms with Crippen molar-refractivity contribution in [3.05, 3.63) is 140 Å². The van der Waals surface area contributed by atoms with Crippen LogP contribution in [0.4, 0.5) is 4.79 Å². The van der Waals surface area contributed by atoms with E-state index in [-0.39, 0.29) is 0 Å². The molecule has 2 aliphatic rings. The van der Waals surface area contributed by atoms with Gasteiger partial charge in [-0.3, -0.25) is 4.99 Å². The number of benzene rings is 2. The van der Waals surface area contributed by atoms with Gasteiger partial charge in [0.15, 0.2) is 0 Å². The number of allylic oxidation sites excluding steroid dienone is 3. The molecule has 14 heteroatoms. The highest BCUT2D eigenvalue weighted by atomic mass is 32.1. The number of pyridine rings is 1. The van der Waals surface area contributed by atoms with Crippen LogP contribution in [0.2, 0.25) is 0 Å². The van der Waals surface area contributed by atoms with E-state index >= 15 is 0 Å². The van der Waals surface area contributed by atoms with Gasteiger partial charge >= 0.3 is 6.09 Å². The number of ether oxygens (including phenoxy) is 2. The van der Waals surface area contributed by atoms with Gasteiger partial charge in [-0.15, -0.1) is 4.91 Å². The van der Waals surface area contributed by atoms with Crippen LogP contribution in [-0.4, -0.2) is 67.7 Å². The number of aryl methyl sites for hydroxylation is 1. The number of nitrogens with one attached hydrogen (secondary N) is 4. The molecule has 1 unspecified atom stereocenters. The van der Waals surface area contributed by atoms with Crippen LogP contribution in [0.3, 0.4) is 0 Å². The minimum Gasteiger partial charge on any atom is -0.465 e. The van der Waals surface area contributed by atoms with Gasteiger partial charge < -0.3 is 35.3 Å². The first-order chi connectivity index (χ1) is 29.5. The predicted molar refractivity (Wildman–Crippen MR) is 249 cm³/mol. The number of rotatable bonds is 14. The van der Waals surface area contributed by atoms with Crippen molar-refractivity contribution in [1.29, 1.82) is 10.5 Å². The molecular weight excluding hydrogens is 787 g/mol. The minimum atomic E-state index is -0.792. The number of nitroso groups, excluding NO2 is 1. The van der Waals surface area contributed by atoms with E-state index in [2.05, 4.69) is 63.4 Å². The molecule has 61 heavy (non-hydrogen) atoms. The second-order valence-electron chi connectivity index (χ2n) is 13.2. The Hall–Kier alpha value is -6.77.